The van der Waals surface area contributed by atoms with Crippen LogP contribution in [0.2, 0.25) is 0 Å². The van der Waals surface area contributed by atoms with Gasteiger partial charge in [-0.25, -0.2) is 0 Å². The van der Waals surface area contributed by atoms with Crippen LogP contribution in [0.1, 0.15) is 94.3 Å². The molecular weight excluding hydrogens is 294 g/mol. The fourth-order valence-corrected chi connectivity index (χ4v) is 4.70. The zero-order chi connectivity index (χ0) is 16.8. The lowest BCUT2D eigenvalue weighted by atomic mass is 9.84. The number of benzene rings is 1. The molecule has 2 atom stereocenters. The van der Waals surface area contributed by atoms with Crippen LogP contribution in [0, 0.1) is 0 Å². The van der Waals surface area contributed by atoms with Gasteiger partial charge in [-0.05, 0) is 62.1 Å². The number of likely N-dealkylation sites (tertiary alicyclic amines) is 1. The minimum atomic E-state index is -0.315. The second-order valence-electron chi connectivity index (χ2n) is 7.90. The highest BCUT2D eigenvalue weighted by molar-refractivity contribution is 5.27. The molecule has 2 fully saturated rings. The minimum absolute atomic E-state index is 0.315. The normalized spacial score (nSPS) is 24.8. The molecule has 2 nitrogen and oxygen atoms in total. The Kier molecular flexibility index (Phi) is 6.74. The third kappa shape index (κ3) is 4.61. The average molecular weight is 330 g/mol. The van der Waals surface area contributed by atoms with E-state index in [1.165, 1.54) is 69.9 Å². The van der Waals surface area contributed by atoms with Crippen LogP contribution in [-0.2, 0) is 0 Å². The van der Waals surface area contributed by atoms with Gasteiger partial charge in [0.2, 0.25) is 0 Å². The van der Waals surface area contributed by atoms with E-state index >= 15 is 0 Å². The molecule has 1 aromatic carbocycles. The zero-order valence-corrected chi connectivity index (χ0v) is 15.4. The van der Waals surface area contributed by atoms with Crippen LogP contribution in [0.5, 0.6) is 0 Å². The predicted octanol–water partition coefficient (Wildman–Crippen LogP) is 5.42. The van der Waals surface area contributed by atoms with Crippen LogP contribution in [0.25, 0.3) is 0 Å². The fraction of sp³-hybridized carbons (Fsp3) is 0.727. The van der Waals surface area contributed by atoms with E-state index in [2.05, 4.69) is 36.1 Å². The molecule has 0 spiro atoms. The molecule has 3 rings (SSSR count). The third-order valence-corrected chi connectivity index (χ3v) is 6.31. The molecule has 24 heavy (non-hydrogen) atoms. The van der Waals surface area contributed by atoms with Crippen LogP contribution < -0.4 is 0 Å². The van der Waals surface area contributed by atoms with Gasteiger partial charge < -0.3 is 10.0 Å². The van der Waals surface area contributed by atoms with E-state index < -0.39 is 0 Å². The predicted molar refractivity (Wildman–Crippen MR) is 101 cm³/mol. The van der Waals surface area contributed by atoms with Crippen molar-refractivity contribution in [3.8, 4) is 0 Å². The molecule has 1 aromatic rings. The van der Waals surface area contributed by atoms with E-state index in [1.54, 1.807) is 0 Å². The van der Waals surface area contributed by atoms with E-state index in [0.29, 0.717) is 0 Å². The van der Waals surface area contributed by atoms with Crippen molar-refractivity contribution in [2.75, 3.05) is 13.1 Å². The number of rotatable bonds is 6. The lowest BCUT2D eigenvalue weighted by Crippen LogP contribution is -2.40. The molecule has 0 aromatic heterocycles. The first-order chi connectivity index (χ1) is 11.8. The van der Waals surface area contributed by atoms with Crippen LogP contribution in [0.4, 0.5) is 0 Å². The Morgan fingerprint density at radius 2 is 1.71 bits per heavy atom. The summed E-state index contributed by atoms with van der Waals surface area (Å²) < 4.78 is 0. The van der Waals surface area contributed by atoms with Gasteiger partial charge >= 0.3 is 0 Å². The zero-order valence-electron chi connectivity index (χ0n) is 15.4. The van der Waals surface area contributed by atoms with Gasteiger partial charge in [-0.3, -0.25) is 0 Å². The standard InChI is InChI=1S/C22H35NO/c1-2-21-10-6-7-16-23(21)17-15-22(24)20-13-11-19(12-14-20)18-8-4-3-5-9-18/h11-14,18,21-22,24H,2-10,15-17H2,1H3. The molecule has 1 aliphatic carbocycles. The Morgan fingerprint density at radius 3 is 2.42 bits per heavy atom. The lowest BCUT2D eigenvalue weighted by molar-refractivity contribution is 0.101. The van der Waals surface area contributed by atoms with Crippen molar-refractivity contribution in [3.63, 3.8) is 0 Å². The van der Waals surface area contributed by atoms with Crippen LogP contribution in [0.3, 0.4) is 0 Å². The van der Waals surface area contributed by atoms with Crippen LogP contribution in [0.15, 0.2) is 24.3 Å². The quantitative estimate of drug-likeness (QED) is 0.753. The molecule has 0 bridgehead atoms. The third-order valence-electron chi connectivity index (χ3n) is 6.31. The van der Waals surface area contributed by atoms with Crippen molar-refractivity contribution in [2.45, 2.75) is 89.2 Å². The maximum atomic E-state index is 10.6. The summed E-state index contributed by atoms with van der Waals surface area (Å²) >= 11 is 0. The number of nitrogens with zero attached hydrogens (tertiary/aromatic N) is 1. The first-order valence-corrected chi connectivity index (χ1v) is 10.3. The van der Waals surface area contributed by atoms with E-state index in [9.17, 15) is 5.11 Å². The Bertz CT molecular complexity index is 477. The van der Waals surface area contributed by atoms with Crippen molar-refractivity contribution in [1.29, 1.82) is 0 Å². The smallest absolute Gasteiger partial charge is 0.0802 e. The Balaban J connectivity index is 1.51. The number of aliphatic hydroxyl groups is 1. The molecular formula is C22H35NO. The summed E-state index contributed by atoms with van der Waals surface area (Å²) in [6, 6.07) is 9.61. The van der Waals surface area contributed by atoms with Gasteiger partial charge in [-0.2, -0.15) is 0 Å². The average Bonchev–Trinajstić information content (AvgIpc) is 2.67. The highest BCUT2D eigenvalue weighted by Crippen LogP contribution is 2.33. The number of hydrogen-bond donors (Lipinski definition) is 1. The second kappa shape index (κ2) is 9.01. The topological polar surface area (TPSA) is 23.5 Å². The number of aliphatic hydroxyl groups excluding tert-OH is 1. The molecule has 1 aliphatic heterocycles. The van der Waals surface area contributed by atoms with Crippen LogP contribution in [-0.4, -0.2) is 29.1 Å². The van der Waals surface area contributed by atoms with Crippen molar-refractivity contribution >= 4 is 0 Å². The number of piperidine rings is 1. The molecule has 0 radical (unpaired) electrons. The monoisotopic (exact) mass is 329 g/mol. The van der Waals surface area contributed by atoms with Crippen molar-refractivity contribution in [3.05, 3.63) is 35.4 Å². The van der Waals surface area contributed by atoms with E-state index in [1.807, 2.05) is 0 Å². The first kappa shape index (κ1) is 17.9. The summed E-state index contributed by atoms with van der Waals surface area (Å²) in [7, 11) is 0. The maximum Gasteiger partial charge on any atom is 0.0802 e. The Hall–Kier alpha value is -0.860. The lowest BCUT2D eigenvalue weighted by Gasteiger charge is -2.35. The number of hydrogen-bond acceptors (Lipinski definition) is 2. The van der Waals surface area contributed by atoms with Crippen molar-refractivity contribution in [1.82, 2.24) is 4.90 Å². The van der Waals surface area contributed by atoms with E-state index in [-0.39, 0.29) is 6.10 Å². The molecule has 0 amide bonds. The van der Waals surface area contributed by atoms with Gasteiger partial charge in [0.05, 0.1) is 6.10 Å². The Morgan fingerprint density at radius 1 is 1.00 bits per heavy atom. The summed E-state index contributed by atoms with van der Waals surface area (Å²) in [5, 5.41) is 10.6. The molecule has 1 heterocycles. The summed E-state index contributed by atoms with van der Waals surface area (Å²) in [6.07, 6.45) is 12.7. The summed E-state index contributed by atoms with van der Waals surface area (Å²) in [5.74, 6) is 0.753. The SMILES string of the molecule is CCC1CCCCN1CCC(O)c1ccc(C2CCCCC2)cc1. The Labute approximate surface area is 148 Å². The first-order valence-electron chi connectivity index (χ1n) is 10.3. The molecule has 134 valence electrons. The molecule has 1 saturated carbocycles. The van der Waals surface area contributed by atoms with Gasteiger partial charge in [0.15, 0.2) is 0 Å². The van der Waals surface area contributed by atoms with Gasteiger partial charge in [-0.1, -0.05) is 56.9 Å². The summed E-state index contributed by atoms with van der Waals surface area (Å²) in [4.78, 5) is 2.60. The van der Waals surface area contributed by atoms with Gasteiger partial charge in [-0.15, -0.1) is 0 Å². The van der Waals surface area contributed by atoms with E-state index in [0.717, 1.165) is 30.5 Å². The van der Waals surface area contributed by atoms with Crippen LogP contribution >= 0.6 is 0 Å². The van der Waals surface area contributed by atoms with Gasteiger partial charge in [0.25, 0.3) is 0 Å². The largest absolute Gasteiger partial charge is 0.388 e. The molecule has 2 unspecified atom stereocenters. The molecule has 1 saturated heterocycles. The molecule has 2 aliphatic rings. The summed E-state index contributed by atoms with van der Waals surface area (Å²) in [6.45, 7) is 4.54. The summed E-state index contributed by atoms with van der Waals surface area (Å²) in [5.41, 5.74) is 2.58. The molecule has 2 heteroatoms. The fourth-order valence-electron chi connectivity index (χ4n) is 4.70. The van der Waals surface area contributed by atoms with Crippen molar-refractivity contribution in [2.24, 2.45) is 0 Å². The minimum Gasteiger partial charge on any atom is -0.388 e. The van der Waals surface area contributed by atoms with Gasteiger partial charge in [0.1, 0.15) is 0 Å². The van der Waals surface area contributed by atoms with E-state index in [4.69, 9.17) is 0 Å². The highest BCUT2D eigenvalue weighted by atomic mass is 16.3. The maximum absolute atomic E-state index is 10.6. The van der Waals surface area contributed by atoms with Gasteiger partial charge in [0, 0.05) is 12.6 Å². The highest BCUT2D eigenvalue weighted by Gasteiger charge is 2.21. The molecule has 1 N–H and O–H groups in total. The van der Waals surface area contributed by atoms with Crippen molar-refractivity contribution < 1.29 is 5.11 Å². The second-order valence-corrected chi connectivity index (χ2v) is 7.90.